The van der Waals surface area contributed by atoms with Crippen molar-refractivity contribution in [2.24, 2.45) is 5.92 Å². The van der Waals surface area contributed by atoms with Gasteiger partial charge >= 0.3 is 0 Å². The van der Waals surface area contributed by atoms with Crippen LogP contribution in [-0.2, 0) is 4.79 Å². The molecule has 2 heterocycles. The zero-order valence-electron chi connectivity index (χ0n) is 15.0. The number of nitrogens with zero attached hydrogens (tertiary/aromatic N) is 3. The molecule has 1 aliphatic rings. The highest BCUT2D eigenvalue weighted by Gasteiger charge is 2.25. The molecule has 0 radical (unpaired) electrons. The second kappa shape index (κ2) is 7.68. The average molecular weight is 342 g/mol. The zero-order chi connectivity index (χ0) is 17.8. The molecule has 134 valence electrons. The third-order valence-electron chi connectivity index (χ3n) is 4.89. The number of imidazole rings is 1. The van der Waals surface area contributed by atoms with Crippen molar-refractivity contribution < 1.29 is 9.59 Å². The van der Waals surface area contributed by atoms with Crippen molar-refractivity contribution in [3.63, 3.8) is 0 Å². The Bertz CT molecular complexity index is 747. The van der Waals surface area contributed by atoms with Gasteiger partial charge in [0, 0.05) is 38.2 Å². The summed E-state index contributed by atoms with van der Waals surface area (Å²) in [4.78, 5) is 36.0. The summed E-state index contributed by atoms with van der Waals surface area (Å²) >= 11 is 0. The van der Waals surface area contributed by atoms with Crippen LogP contribution in [0.3, 0.4) is 0 Å². The van der Waals surface area contributed by atoms with Gasteiger partial charge in [0.05, 0.1) is 17.4 Å². The molecule has 1 fully saturated rings. The van der Waals surface area contributed by atoms with Gasteiger partial charge in [0.15, 0.2) is 0 Å². The SMILES string of the molecule is CCCC(C)CC(=O)N1CCN(C(=O)c2ccc3nc[nH]c3c2)CC1. The largest absolute Gasteiger partial charge is 0.345 e. The zero-order valence-corrected chi connectivity index (χ0v) is 15.0. The van der Waals surface area contributed by atoms with Crippen LogP contribution in [0, 0.1) is 5.92 Å². The lowest BCUT2D eigenvalue weighted by Gasteiger charge is -2.35. The first-order valence-corrected chi connectivity index (χ1v) is 9.08. The van der Waals surface area contributed by atoms with Gasteiger partial charge < -0.3 is 14.8 Å². The standard InChI is InChI=1S/C19H26N4O2/c1-3-4-14(2)11-18(24)22-7-9-23(10-8-22)19(25)15-5-6-16-17(12-15)21-13-20-16/h5-6,12-14H,3-4,7-11H2,1-2H3,(H,20,21). The molecule has 0 bridgehead atoms. The molecular weight excluding hydrogens is 316 g/mol. The van der Waals surface area contributed by atoms with Gasteiger partial charge in [-0.1, -0.05) is 26.7 Å². The average Bonchev–Trinajstić information content (AvgIpc) is 3.09. The number of hydrogen-bond acceptors (Lipinski definition) is 3. The summed E-state index contributed by atoms with van der Waals surface area (Å²) in [7, 11) is 0. The van der Waals surface area contributed by atoms with Crippen molar-refractivity contribution in [3.05, 3.63) is 30.1 Å². The molecule has 1 atom stereocenters. The lowest BCUT2D eigenvalue weighted by Crippen LogP contribution is -2.50. The fraction of sp³-hybridized carbons (Fsp3) is 0.526. The van der Waals surface area contributed by atoms with Crippen LogP contribution in [0.1, 0.15) is 43.5 Å². The second-order valence-electron chi connectivity index (χ2n) is 6.91. The summed E-state index contributed by atoms with van der Waals surface area (Å²) in [5.74, 6) is 0.660. The molecule has 1 saturated heterocycles. The van der Waals surface area contributed by atoms with Crippen molar-refractivity contribution in [3.8, 4) is 0 Å². The number of fused-ring (bicyclic) bond motifs is 1. The fourth-order valence-corrected chi connectivity index (χ4v) is 3.43. The summed E-state index contributed by atoms with van der Waals surface area (Å²) in [6.45, 7) is 6.70. The fourth-order valence-electron chi connectivity index (χ4n) is 3.43. The molecule has 1 aromatic carbocycles. The Kier molecular flexibility index (Phi) is 5.36. The van der Waals surface area contributed by atoms with Crippen molar-refractivity contribution in [1.82, 2.24) is 19.8 Å². The van der Waals surface area contributed by atoms with Gasteiger partial charge in [-0.05, 0) is 24.1 Å². The Morgan fingerprint density at radius 2 is 1.92 bits per heavy atom. The molecule has 2 amide bonds. The first-order valence-electron chi connectivity index (χ1n) is 9.08. The van der Waals surface area contributed by atoms with Gasteiger partial charge in [-0.2, -0.15) is 0 Å². The molecule has 2 aromatic rings. The molecule has 1 aromatic heterocycles. The molecule has 6 heteroatoms. The predicted octanol–water partition coefficient (Wildman–Crippen LogP) is 2.67. The van der Waals surface area contributed by atoms with Crippen LogP contribution in [0.4, 0.5) is 0 Å². The van der Waals surface area contributed by atoms with E-state index in [2.05, 4.69) is 23.8 Å². The number of aromatic nitrogens is 2. The summed E-state index contributed by atoms with van der Waals surface area (Å²) in [5, 5.41) is 0. The molecule has 25 heavy (non-hydrogen) atoms. The number of carbonyl (C=O) groups is 2. The van der Waals surface area contributed by atoms with Gasteiger partial charge in [0.1, 0.15) is 0 Å². The van der Waals surface area contributed by atoms with Gasteiger partial charge in [-0.15, -0.1) is 0 Å². The smallest absolute Gasteiger partial charge is 0.254 e. The van der Waals surface area contributed by atoms with E-state index < -0.39 is 0 Å². The molecule has 3 rings (SSSR count). The van der Waals surface area contributed by atoms with E-state index in [1.54, 1.807) is 6.33 Å². The minimum Gasteiger partial charge on any atom is -0.345 e. The number of aromatic amines is 1. The number of amides is 2. The number of nitrogens with one attached hydrogen (secondary N) is 1. The number of benzene rings is 1. The topological polar surface area (TPSA) is 69.3 Å². The van der Waals surface area contributed by atoms with Crippen LogP contribution in [0.25, 0.3) is 11.0 Å². The normalized spacial score (nSPS) is 16.2. The summed E-state index contributed by atoms with van der Waals surface area (Å²) in [6.07, 6.45) is 4.43. The number of hydrogen-bond donors (Lipinski definition) is 1. The molecule has 1 unspecified atom stereocenters. The third-order valence-corrected chi connectivity index (χ3v) is 4.89. The minimum absolute atomic E-state index is 0.0166. The second-order valence-corrected chi connectivity index (χ2v) is 6.91. The molecule has 0 saturated carbocycles. The number of carbonyl (C=O) groups excluding carboxylic acids is 2. The summed E-state index contributed by atoms with van der Waals surface area (Å²) < 4.78 is 0. The van der Waals surface area contributed by atoms with Gasteiger partial charge in [0.25, 0.3) is 5.91 Å². The monoisotopic (exact) mass is 342 g/mol. The Balaban J connectivity index is 1.56. The molecule has 0 spiro atoms. The van der Waals surface area contributed by atoms with Crippen LogP contribution in [0.5, 0.6) is 0 Å². The molecule has 0 aliphatic carbocycles. The highest BCUT2D eigenvalue weighted by molar-refractivity contribution is 5.97. The van der Waals surface area contributed by atoms with Crippen molar-refractivity contribution in [1.29, 1.82) is 0 Å². The van der Waals surface area contributed by atoms with E-state index in [1.165, 1.54) is 0 Å². The Morgan fingerprint density at radius 3 is 2.64 bits per heavy atom. The predicted molar refractivity (Wildman–Crippen MR) is 97.3 cm³/mol. The molecule has 1 N–H and O–H groups in total. The lowest BCUT2D eigenvalue weighted by molar-refractivity contribution is -0.133. The van der Waals surface area contributed by atoms with E-state index in [4.69, 9.17) is 0 Å². The van der Waals surface area contributed by atoms with E-state index in [-0.39, 0.29) is 11.8 Å². The van der Waals surface area contributed by atoms with Gasteiger partial charge in [0.2, 0.25) is 5.91 Å². The Labute approximate surface area is 148 Å². The van der Waals surface area contributed by atoms with Crippen LogP contribution in [-0.4, -0.2) is 57.8 Å². The van der Waals surface area contributed by atoms with E-state index >= 15 is 0 Å². The lowest BCUT2D eigenvalue weighted by atomic mass is 10.0. The molecule has 6 nitrogen and oxygen atoms in total. The number of H-pyrrole nitrogens is 1. The summed E-state index contributed by atoms with van der Waals surface area (Å²) in [5.41, 5.74) is 2.38. The number of rotatable bonds is 5. The summed E-state index contributed by atoms with van der Waals surface area (Å²) in [6, 6.07) is 5.51. The van der Waals surface area contributed by atoms with Crippen LogP contribution in [0.2, 0.25) is 0 Å². The maximum atomic E-state index is 12.7. The van der Waals surface area contributed by atoms with E-state index in [0.29, 0.717) is 44.1 Å². The molecule has 1 aliphatic heterocycles. The van der Waals surface area contributed by atoms with Gasteiger partial charge in [-0.25, -0.2) is 4.98 Å². The quantitative estimate of drug-likeness (QED) is 0.908. The first-order chi connectivity index (χ1) is 12.1. The maximum Gasteiger partial charge on any atom is 0.254 e. The van der Waals surface area contributed by atoms with E-state index in [1.807, 2.05) is 28.0 Å². The molecular formula is C19H26N4O2. The first kappa shape index (κ1) is 17.5. The third kappa shape index (κ3) is 4.00. The van der Waals surface area contributed by atoms with Crippen LogP contribution >= 0.6 is 0 Å². The van der Waals surface area contributed by atoms with Gasteiger partial charge in [-0.3, -0.25) is 9.59 Å². The maximum absolute atomic E-state index is 12.7. The minimum atomic E-state index is 0.0166. The van der Waals surface area contributed by atoms with Crippen LogP contribution < -0.4 is 0 Å². The van der Waals surface area contributed by atoms with E-state index in [9.17, 15) is 9.59 Å². The highest BCUT2D eigenvalue weighted by Crippen LogP contribution is 2.16. The van der Waals surface area contributed by atoms with Crippen molar-refractivity contribution in [2.45, 2.75) is 33.1 Å². The Hall–Kier alpha value is -2.37. The number of piperazine rings is 1. The van der Waals surface area contributed by atoms with E-state index in [0.717, 1.165) is 23.9 Å². The van der Waals surface area contributed by atoms with Crippen LogP contribution in [0.15, 0.2) is 24.5 Å². The van der Waals surface area contributed by atoms with Crippen molar-refractivity contribution in [2.75, 3.05) is 26.2 Å². The Morgan fingerprint density at radius 1 is 1.20 bits per heavy atom. The van der Waals surface area contributed by atoms with Crippen molar-refractivity contribution >= 4 is 22.8 Å². The highest BCUT2D eigenvalue weighted by atomic mass is 16.2.